The lowest BCUT2D eigenvalue weighted by molar-refractivity contribution is -0.188. The van der Waals surface area contributed by atoms with Crippen molar-refractivity contribution in [1.82, 2.24) is 14.9 Å². The Morgan fingerprint density at radius 1 is 1.29 bits per heavy atom. The lowest BCUT2D eigenvalue weighted by Crippen LogP contribution is -2.65. The largest absolute Gasteiger partial charge is 0.489 e. The molecule has 2 aliphatic rings. The molecule has 1 spiro atoms. The van der Waals surface area contributed by atoms with Gasteiger partial charge in [0.05, 0.1) is 24.1 Å². The van der Waals surface area contributed by atoms with Gasteiger partial charge < -0.3 is 9.47 Å². The molecule has 1 atom stereocenters. The van der Waals surface area contributed by atoms with Crippen molar-refractivity contribution in [3.05, 3.63) is 54.1 Å². The van der Waals surface area contributed by atoms with E-state index in [0.717, 1.165) is 56.2 Å². The second-order valence-corrected chi connectivity index (χ2v) is 6.87. The molecule has 2 fully saturated rings. The molecular formula is C19H23N3O2. The second kappa shape index (κ2) is 6.49. The highest BCUT2D eigenvalue weighted by Crippen LogP contribution is 2.36. The van der Waals surface area contributed by atoms with Crippen molar-refractivity contribution in [2.24, 2.45) is 0 Å². The molecule has 2 aliphatic heterocycles. The standard InChI is InChI=1S/C19H23N3O2/c1-15-4-2-5-16(21-15)12-22-13-19(14-22)10-17(7-9-23-19)24-18-6-3-8-20-11-18/h2-6,8,11,17H,7,9-10,12-14H2,1H3. The Kier molecular flexibility index (Phi) is 4.21. The summed E-state index contributed by atoms with van der Waals surface area (Å²) >= 11 is 0. The minimum absolute atomic E-state index is 0.0467. The molecule has 0 radical (unpaired) electrons. The fourth-order valence-corrected chi connectivity index (χ4v) is 3.71. The zero-order valence-electron chi connectivity index (χ0n) is 14.0. The third-order valence-electron chi connectivity index (χ3n) is 4.74. The molecule has 4 rings (SSSR count). The Balaban J connectivity index is 1.32. The summed E-state index contributed by atoms with van der Waals surface area (Å²) in [6, 6.07) is 10.1. The fraction of sp³-hybridized carbons (Fsp3) is 0.474. The summed E-state index contributed by atoms with van der Waals surface area (Å²) in [6.07, 6.45) is 5.64. The predicted octanol–water partition coefficient (Wildman–Crippen LogP) is 2.60. The minimum Gasteiger partial charge on any atom is -0.489 e. The number of aryl methyl sites for hydroxylation is 1. The summed E-state index contributed by atoms with van der Waals surface area (Å²) in [5, 5.41) is 0. The summed E-state index contributed by atoms with van der Waals surface area (Å²) in [5.74, 6) is 0.847. The van der Waals surface area contributed by atoms with Gasteiger partial charge in [0.2, 0.25) is 0 Å². The second-order valence-electron chi connectivity index (χ2n) is 6.87. The average Bonchev–Trinajstić information content (AvgIpc) is 2.55. The SMILES string of the molecule is Cc1cccc(CN2CC3(CC(Oc4cccnc4)CCO3)C2)n1. The van der Waals surface area contributed by atoms with E-state index in [2.05, 4.69) is 27.0 Å². The van der Waals surface area contributed by atoms with Crippen LogP contribution in [0, 0.1) is 6.92 Å². The van der Waals surface area contributed by atoms with Crippen LogP contribution in [-0.4, -0.2) is 46.3 Å². The first-order valence-corrected chi connectivity index (χ1v) is 8.56. The van der Waals surface area contributed by atoms with Crippen LogP contribution < -0.4 is 4.74 Å². The molecule has 1 unspecified atom stereocenters. The number of rotatable bonds is 4. The van der Waals surface area contributed by atoms with E-state index in [-0.39, 0.29) is 11.7 Å². The summed E-state index contributed by atoms with van der Waals surface area (Å²) in [5.41, 5.74) is 2.15. The van der Waals surface area contributed by atoms with Crippen LogP contribution in [-0.2, 0) is 11.3 Å². The van der Waals surface area contributed by atoms with Gasteiger partial charge in [0.1, 0.15) is 11.9 Å². The Morgan fingerprint density at radius 3 is 3.00 bits per heavy atom. The topological polar surface area (TPSA) is 47.5 Å². The predicted molar refractivity (Wildman–Crippen MR) is 90.8 cm³/mol. The van der Waals surface area contributed by atoms with Crippen molar-refractivity contribution in [3.8, 4) is 5.75 Å². The summed E-state index contributed by atoms with van der Waals surface area (Å²) in [6.45, 7) is 5.60. The van der Waals surface area contributed by atoms with Gasteiger partial charge in [0.25, 0.3) is 0 Å². The van der Waals surface area contributed by atoms with Gasteiger partial charge in [-0.3, -0.25) is 14.9 Å². The van der Waals surface area contributed by atoms with E-state index in [0.29, 0.717) is 0 Å². The quantitative estimate of drug-likeness (QED) is 0.865. The number of ether oxygens (including phenoxy) is 2. The minimum atomic E-state index is -0.0467. The van der Waals surface area contributed by atoms with E-state index in [1.165, 1.54) is 0 Å². The smallest absolute Gasteiger partial charge is 0.138 e. The van der Waals surface area contributed by atoms with Crippen molar-refractivity contribution in [2.75, 3.05) is 19.7 Å². The van der Waals surface area contributed by atoms with Gasteiger partial charge in [0.15, 0.2) is 0 Å². The first-order chi connectivity index (χ1) is 11.7. The van der Waals surface area contributed by atoms with Crippen LogP contribution in [0.2, 0.25) is 0 Å². The first kappa shape index (κ1) is 15.5. The maximum absolute atomic E-state index is 6.10. The van der Waals surface area contributed by atoms with Crippen molar-refractivity contribution < 1.29 is 9.47 Å². The Bertz CT molecular complexity index is 686. The van der Waals surface area contributed by atoms with E-state index in [9.17, 15) is 0 Å². The lowest BCUT2D eigenvalue weighted by Gasteiger charge is -2.53. The van der Waals surface area contributed by atoms with Crippen molar-refractivity contribution in [1.29, 1.82) is 0 Å². The molecular weight excluding hydrogens is 302 g/mol. The van der Waals surface area contributed by atoms with Crippen LogP contribution in [0.5, 0.6) is 5.75 Å². The molecule has 0 bridgehead atoms. The number of hydrogen-bond donors (Lipinski definition) is 0. The number of nitrogens with zero attached hydrogens (tertiary/aromatic N) is 3. The molecule has 24 heavy (non-hydrogen) atoms. The Labute approximate surface area is 142 Å². The zero-order valence-corrected chi connectivity index (χ0v) is 14.0. The maximum Gasteiger partial charge on any atom is 0.138 e. The number of aromatic nitrogens is 2. The molecule has 0 aliphatic carbocycles. The summed E-state index contributed by atoms with van der Waals surface area (Å²) in [4.78, 5) is 11.1. The number of hydrogen-bond acceptors (Lipinski definition) is 5. The molecule has 126 valence electrons. The average molecular weight is 325 g/mol. The molecule has 0 N–H and O–H groups in total. The van der Waals surface area contributed by atoms with Gasteiger partial charge in [-0.25, -0.2) is 0 Å². The summed E-state index contributed by atoms with van der Waals surface area (Å²) in [7, 11) is 0. The van der Waals surface area contributed by atoms with Crippen LogP contribution in [0.4, 0.5) is 0 Å². The molecule has 4 heterocycles. The zero-order chi connectivity index (χ0) is 16.4. The third kappa shape index (κ3) is 3.42. The van der Waals surface area contributed by atoms with E-state index in [1.54, 1.807) is 12.4 Å². The first-order valence-electron chi connectivity index (χ1n) is 8.56. The highest BCUT2D eigenvalue weighted by Gasteiger charge is 2.48. The lowest BCUT2D eigenvalue weighted by atomic mass is 9.84. The van der Waals surface area contributed by atoms with Gasteiger partial charge in [-0.05, 0) is 31.2 Å². The van der Waals surface area contributed by atoms with Crippen molar-refractivity contribution >= 4 is 0 Å². The van der Waals surface area contributed by atoms with E-state index >= 15 is 0 Å². The molecule has 5 heteroatoms. The third-order valence-corrected chi connectivity index (χ3v) is 4.74. The maximum atomic E-state index is 6.10. The Hall–Kier alpha value is -1.98. The van der Waals surface area contributed by atoms with E-state index in [1.807, 2.05) is 25.1 Å². The van der Waals surface area contributed by atoms with E-state index in [4.69, 9.17) is 9.47 Å². The van der Waals surface area contributed by atoms with Gasteiger partial charge in [-0.15, -0.1) is 0 Å². The summed E-state index contributed by atoms with van der Waals surface area (Å²) < 4.78 is 12.2. The molecule has 0 amide bonds. The van der Waals surface area contributed by atoms with Gasteiger partial charge in [-0.2, -0.15) is 0 Å². The molecule has 0 saturated carbocycles. The van der Waals surface area contributed by atoms with Gasteiger partial charge in [0, 0.05) is 44.4 Å². The molecule has 2 aromatic heterocycles. The molecule has 0 aromatic carbocycles. The highest BCUT2D eigenvalue weighted by atomic mass is 16.5. The van der Waals surface area contributed by atoms with Gasteiger partial charge >= 0.3 is 0 Å². The molecule has 2 aromatic rings. The van der Waals surface area contributed by atoms with Crippen molar-refractivity contribution in [3.63, 3.8) is 0 Å². The van der Waals surface area contributed by atoms with Crippen LogP contribution in [0.25, 0.3) is 0 Å². The van der Waals surface area contributed by atoms with Crippen molar-refractivity contribution in [2.45, 2.75) is 38.0 Å². The van der Waals surface area contributed by atoms with E-state index < -0.39 is 0 Å². The molecule has 5 nitrogen and oxygen atoms in total. The number of pyridine rings is 2. The van der Waals surface area contributed by atoms with Crippen LogP contribution >= 0.6 is 0 Å². The highest BCUT2D eigenvalue weighted by molar-refractivity contribution is 5.17. The van der Waals surface area contributed by atoms with Crippen LogP contribution in [0.1, 0.15) is 24.2 Å². The fourth-order valence-electron chi connectivity index (χ4n) is 3.71. The monoisotopic (exact) mass is 325 g/mol. The normalized spacial score (nSPS) is 23.0. The van der Waals surface area contributed by atoms with Gasteiger partial charge in [-0.1, -0.05) is 6.07 Å². The Morgan fingerprint density at radius 2 is 2.21 bits per heavy atom. The number of likely N-dealkylation sites (tertiary alicyclic amines) is 1. The molecule has 2 saturated heterocycles. The van der Waals surface area contributed by atoms with Crippen LogP contribution in [0.15, 0.2) is 42.7 Å². The van der Waals surface area contributed by atoms with Crippen LogP contribution in [0.3, 0.4) is 0 Å².